The molecule has 0 amide bonds. The highest BCUT2D eigenvalue weighted by Crippen LogP contribution is 2.39. The minimum absolute atomic E-state index is 0.162. The van der Waals surface area contributed by atoms with E-state index in [4.69, 9.17) is 4.74 Å². The highest BCUT2D eigenvalue weighted by Gasteiger charge is 2.54. The van der Waals surface area contributed by atoms with E-state index in [0.717, 1.165) is 38.0 Å². The van der Waals surface area contributed by atoms with Crippen molar-refractivity contribution in [2.75, 3.05) is 20.3 Å². The number of rotatable bonds is 3. The van der Waals surface area contributed by atoms with Gasteiger partial charge in [-0.1, -0.05) is 18.2 Å². The fourth-order valence-electron chi connectivity index (χ4n) is 5.53. The number of hydrogen-bond acceptors (Lipinski definition) is 7. The van der Waals surface area contributed by atoms with Gasteiger partial charge in [-0.15, -0.1) is 0 Å². The van der Waals surface area contributed by atoms with E-state index < -0.39 is 30.6 Å². The van der Waals surface area contributed by atoms with Crippen molar-refractivity contribution >= 4 is 0 Å². The lowest BCUT2D eigenvalue weighted by atomic mass is 9.85. The number of ether oxygens (including phenoxy) is 1. The SMILES string of the molecule is CC1NCN(C)C2C1CCN2[C@@H]1O[C@H]([C@H](O)c2ccc3c(c2)CC3)[C@@H](O)[C@H]1O. The average Bonchev–Trinajstić information content (AvgIpc) is 3.22. The molecule has 3 aliphatic heterocycles. The maximum Gasteiger partial charge on any atom is 0.141 e. The van der Waals surface area contributed by atoms with Crippen molar-refractivity contribution in [3.05, 3.63) is 34.9 Å². The van der Waals surface area contributed by atoms with Crippen LogP contribution in [0.1, 0.15) is 36.1 Å². The van der Waals surface area contributed by atoms with Gasteiger partial charge >= 0.3 is 0 Å². The number of aliphatic hydroxyl groups excluding tert-OH is 3. The van der Waals surface area contributed by atoms with Crippen molar-refractivity contribution in [3.63, 3.8) is 0 Å². The van der Waals surface area contributed by atoms with Gasteiger partial charge in [-0.3, -0.25) is 9.80 Å². The summed E-state index contributed by atoms with van der Waals surface area (Å²) in [5.41, 5.74) is 3.34. The van der Waals surface area contributed by atoms with Gasteiger partial charge in [-0.2, -0.15) is 0 Å². The van der Waals surface area contributed by atoms with Crippen molar-refractivity contribution in [1.29, 1.82) is 0 Å². The Morgan fingerprint density at radius 2 is 1.96 bits per heavy atom. The van der Waals surface area contributed by atoms with Crippen LogP contribution in [0.15, 0.2) is 18.2 Å². The van der Waals surface area contributed by atoms with Gasteiger partial charge < -0.3 is 25.4 Å². The van der Waals surface area contributed by atoms with E-state index in [2.05, 4.69) is 29.1 Å². The van der Waals surface area contributed by atoms with Gasteiger partial charge in [-0.05, 0) is 49.9 Å². The molecule has 4 aliphatic rings. The molecule has 0 radical (unpaired) electrons. The number of aryl methyl sites for hydroxylation is 2. The number of fused-ring (bicyclic) bond motifs is 2. The Bertz CT molecular complexity index is 746. The number of aliphatic hydroxyl groups is 3. The predicted molar refractivity (Wildman–Crippen MR) is 103 cm³/mol. The van der Waals surface area contributed by atoms with Gasteiger partial charge in [-0.25, -0.2) is 0 Å². The second-order valence-corrected chi connectivity index (χ2v) is 8.96. The van der Waals surface area contributed by atoms with Crippen LogP contribution in [0, 0.1) is 5.92 Å². The van der Waals surface area contributed by atoms with E-state index in [-0.39, 0.29) is 6.17 Å². The Morgan fingerprint density at radius 3 is 2.68 bits per heavy atom. The van der Waals surface area contributed by atoms with Crippen LogP contribution >= 0.6 is 0 Å². The number of benzene rings is 1. The molecule has 3 heterocycles. The minimum atomic E-state index is -1.12. The molecule has 1 aliphatic carbocycles. The number of nitrogens with one attached hydrogen (secondary N) is 1. The van der Waals surface area contributed by atoms with Crippen LogP contribution in [0.3, 0.4) is 0 Å². The van der Waals surface area contributed by atoms with E-state index >= 15 is 0 Å². The molecule has 3 unspecified atom stereocenters. The summed E-state index contributed by atoms with van der Waals surface area (Å²) in [6.07, 6.45) is -1.25. The Balaban J connectivity index is 1.35. The van der Waals surface area contributed by atoms with Crippen molar-refractivity contribution in [2.45, 2.75) is 69.0 Å². The smallest absolute Gasteiger partial charge is 0.141 e. The van der Waals surface area contributed by atoms with Gasteiger partial charge in [0.15, 0.2) is 0 Å². The standard InChI is InChI=1S/C21H31N3O4/c1-11-15-7-8-24(20(15)23(2)10-22-11)21-18(27)17(26)19(28-21)16(25)14-6-4-12-3-5-13(12)9-14/h4,6,9,11,15-22,25-27H,3,5,7-8,10H2,1-2H3/t11?,15?,16-,17+,18-,19-,20?,21-/m1/s1. The summed E-state index contributed by atoms with van der Waals surface area (Å²) >= 11 is 0. The molecule has 0 saturated carbocycles. The second kappa shape index (κ2) is 7.02. The Hall–Kier alpha value is -1.06. The highest BCUT2D eigenvalue weighted by molar-refractivity contribution is 5.39. The lowest BCUT2D eigenvalue weighted by Crippen LogP contribution is -2.61. The van der Waals surface area contributed by atoms with E-state index in [0.29, 0.717) is 12.0 Å². The molecule has 7 nitrogen and oxygen atoms in total. The monoisotopic (exact) mass is 389 g/mol. The topological polar surface area (TPSA) is 88.4 Å². The summed E-state index contributed by atoms with van der Waals surface area (Å²) in [5.74, 6) is 0.448. The number of nitrogens with zero attached hydrogens (tertiary/aromatic N) is 2. The Morgan fingerprint density at radius 1 is 1.18 bits per heavy atom. The van der Waals surface area contributed by atoms with Crippen LogP contribution in [0.25, 0.3) is 0 Å². The molecule has 1 aromatic rings. The first-order valence-electron chi connectivity index (χ1n) is 10.5. The number of likely N-dealkylation sites (tertiary alicyclic amines) is 1. The third kappa shape index (κ3) is 2.84. The first-order chi connectivity index (χ1) is 13.5. The Labute approximate surface area is 165 Å². The van der Waals surface area contributed by atoms with Gasteiger partial charge in [0.2, 0.25) is 0 Å². The molecule has 3 saturated heterocycles. The zero-order chi connectivity index (χ0) is 19.6. The van der Waals surface area contributed by atoms with E-state index in [1.807, 2.05) is 18.2 Å². The normalized spacial score (nSPS) is 42.1. The van der Waals surface area contributed by atoms with Crippen LogP contribution in [0.5, 0.6) is 0 Å². The van der Waals surface area contributed by atoms with Crippen LogP contribution in [-0.4, -0.2) is 82.1 Å². The third-order valence-electron chi connectivity index (χ3n) is 7.35. The molecule has 28 heavy (non-hydrogen) atoms. The first kappa shape index (κ1) is 18.9. The second-order valence-electron chi connectivity index (χ2n) is 8.96. The zero-order valence-electron chi connectivity index (χ0n) is 16.5. The maximum absolute atomic E-state index is 10.9. The molecule has 0 aromatic heterocycles. The summed E-state index contributed by atoms with van der Waals surface area (Å²) in [6, 6.07) is 6.36. The molecule has 3 fully saturated rings. The third-order valence-corrected chi connectivity index (χ3v) is 7.35. The minimum Gasteiger partial charge on any atom is -0.387 e. The molecule has 0 spiro atoms. The van der Waals surface area contributed by atoms with Crippen molar-refractivity contribution in [3.8, 4) is 0 Å². The van der Waals surface area contributed by atoms with Crippen molar-refractivity contribution < 1.29 is 20.1 Å². The fourth-order valence-corrected chi connectivity index (χ4v) is 5.53. The summed E-state index contributed by atoms with van der Waals surface area (Å²) in [5, 5.41) is 35.9. The first-order valence-corrected chi connectivity index (χ1v) is 10.5. The molecular formula is C21H31N3O4. The summed E-state index contributed by atoms with van der Waals surface area (Å²) in [6.45, 7) is 3.79. The largest absolute Gasteiger partial charge is 0.387 e. The molecule has 4 N–H and O–H groups in total. The number of hydrogen-bond donors (Lipinski definition) is 4. The fraction of sp³-hybridized carbons (Fsp3) is 0.714. The van der Waals surface area contributed by atoms with E-state index in [1.54, 1.807) is 0 Å². The Kier molecular flexibility index (Phi) is 4.75. The lowest BCUT2D eigenvalue weighted by Gasteiger charge is -2.45. The van der Waals surface area contributed by atoms with Gasteiger partial charge in [0.05, 0.1) is 6.17 Å². The summed E-state index contributed by atoms with van der Waals surface area (Å²) < 4.78 is 6.14. The van der Waals surface area contributed by atoms with Crippen molar-refractivity contribution in [1.82, 2.24) is 15.1 Å². The lowest BCUT2D eigenvalue weighted by molar-refractivity contribution is -0.145. The summed E-state index contributed by atoms with van der Waals surface area (Å²) in [4.78, 5) is 4.40. The van der Waals surface area contributed by atoms with Crippen LogP contribution in [0.4, 0.5) is 0 Å². The molecule has 0 bridgehead atoms. The quantitative estimate of drug-likeness (QED) is 0.569. The average molecular weight is 389 g/mol. The predicted octanol–water partition coefficient (Wildman–Crippen LogP) is -0.206. The van der Waals surface area contributed by atoms with Gasteiger partial charge in [0.25, 0.3) is 0 Å². The van der Waals surface area contributed by atoms with Crippen molar-refractivity contribution in [2.24, 2.45) is 5.92 Å². The molecule has 5 rings (SSSR count). The van der Waals surface area contributed by atoms with E-state index in [9.17, 15) is 15.3 Å². The zero-order valence-corrected chi connectivity index (χ0v) is 16.5. The molecular weight excluding hydrogens is 358 g/mol. The molecule has 154 valence electrons. The van der Waals surface area contributed by atoms with E-state index in [1.165, 1.54) is 11.1 Å². The van der Waals surface area contributed by atoms with Crippen LogP contribution in [-0.2, 0) is 17.6 Å². The highest BCUT2D eigenvalue weighted by atomic mass is 16.6. The molecule has 8 atom stereocenters. The van der Waals surface area contributed by atoms with Crippen LogP contribution < -0.4 is 5.32 Å². The van der Waals surface area contributed by atoms with Gasteiger partial charge in [0.1, 0.15) is 30.6 Å². The molecule has 1 aromatic carbocycles. The van der Waals surface area contributed by atoms with Crippen LogP contribution in [0.2, 0.25) is 0 Å². The van der Waals surface area contributed by atoms with Gasteiger partial charge in [0, 0.05) is 25.2 Å². The molecule has 7 heteroatoms. The maximum atomic E-state index is 10.9. The summed E-state index contributed by atoms with van der Waals surface area (Å²) in [7, 11) is 2.07.